The minimum Gasteiger partial charge on any atom is -0.456 e. The third-order valence-corrected chi connectivity index (χ3v) is 5.71. The fourth-order valence-electron chi connectivity index (χ4n) is 3.41. The SMILES string of the molecule is Cc1ccc([C@H]2C3=C(COC3=O)N=C3COCC(=O)C32)cc1I. The molecule has 3 heterocycles. The van der Waals surface area contributed by atoms with E-state index in [1.54, 1.807) is 0 Å². The molecule has 1 fully saturated rings. The minimum absolute atomic E-state index is 0.0261. The van der Waals surface area contributed by atoms with Crippen molar-refractivity contribution in [3.63, 3.8) is 0 Å². The van der Waals surface area contributed by atoms with Crippen molar-refractivity contribution in [1.82, 2.24) is 0 Å². The summed E-state index contributed by atoms with van der Waals surface area (Å²) >= 11 is 2.27. The van der Waals surface area contributed by atoms with Crippen LogP contribution >= 0.6 is 22.6 Å². The third-order valence-electron chi connectivity index (χ3n) is 4.55. The zero-order valence-corrected chi connectivity index (χ0v) is 14.6. The Morgan fingerprint density at radius 2 is 2.00 bits per heavy atom. The predicted molar refractivity (Wildman–Crippen MR) is 91.4 cm³/mol. The highest BCUT2D eigenvalue weighted by molar-refractivity contribution is 14.1. The quantitative estimate of drug-likeness (QED) is 0.513. The molecule has 4 rings (SSSR count). The van der Waals surface area contributed by atoms with Gasteiger partial charge < -0.3 is 9.47 Å². The Balaban J connectivity index is 1.89. The number of fused-ring (bicyclic) bond motifs is 1. The summed E-state index contributed by atoms with van der Waals surface area (Å²) in [6.07, 6.45) is 0. The molecule has 118 valence electrons. The zero-order chi connectivity index (χ0) is 16.1. The summed E-state index contributed by atoms with van der Waals surface area (Å²) < 4.78 is 11.6. The maximum atomic E-state index is 12.5. The van der Waals surface area contributed by atoms with Gasteiger partial charge in [-0.2, -0.15) is 0 Å². The average molecular weight is 423 g/mol. The Bertz CT molecular complexity index is 796. The number of hydrogen-bond donors (Lipinski definition) is 0. The van der Waals surface area contributed by atoms with Crippen LogP contribution in [0.3, 0.4) is 0 Å². The lowest BCUT2D eigenvalue weighted by molar-refractivity contribution is -0.136. The van der Waals surface area contributed by atoms with Gasteiger partial charge in [-0.15, -0.1) is 0 Å². The van der Waals surface area contributed by atoms with E-state index in [4.69, 9.17) is 9.47 Å². The van der Waals surface area contributed by atoms with Gasteiger partial charge in [-0.25, -0.2) is 4.79 Å². The summed E-state index contributed by atoms with van der Waals surface area (Å²) in [4.78, 5) is 29.2. The van der Waals surface area contributed by atoms with E-state index in [1.165, 1.54) is 5.56 Å². The Kier molecular flexibility index (Phi) is 3.60. The number of ketones is 1. The van der Waals surface area contributed by atoms with E-state index in [0.717, 1.165) is 9.13 Å². The van der Waals surface area contributed by atoms with Gasteiger partial charge in [-0.3, -0.25) is 9.79 Å². The van der Waals surface area contributed by atoms with Gasteiger partial charge in [0.15, 0.2) is 5.78 Å². The molecule has 0 N–H and O–H groups in total. The molecule has 0 spiro atoms. The second-order valence-electron chi connectivity index (χ2n) is 5.96. The monoisotopic (exact) mass is 423 g/mol. The summed E-state index contributed by atoms with van der Waals surface area (Å²) in [6, 6.07) is 6.05. The van der Waals surface area contributed by atoms with E-state index < -0.39 is 5.92 Å². The van der Waals surface area contributed by atoms with Crippen LogP contribution in [-0.4, -0.2) is 37.3 Å². The molecule has 0 saturated carbocycles. The van der Waals surface area contributed by atoms with Gasteiger partial charge in [0.2, 0.25) is 0 Å². The van der Waals surface area contributed by atoms with Crippen molar-refractivity contribution in [3.8, 4) is 0 Å². The van der Waals surface area contributed by atoms with Crippen molar-refractivity contribution in [2.45, 2.75) is 12.8 Å². The predicted octanol–water partition coefficient (Wildman–Crippen LogP) is 2.16. The number of carbonyl (C=O) groups is 2. The second kappa shape index (κ2) is 5.52. The van der Waals surface area contributed by atoms with Gasteiger partial charge >= 0.3 is 5.97 Å². The number of aryl methyl sites for hydroxylation is 1. The summed E-state index contributed by atoms with van der Waals surface area (Å²) in [7, 11) is 0. The molecule has 6 heteroatoms. The Morgan fingerprint density at radius 3 is 2.78 bits per heavy atom. The highest BCUT2D eigenvalue weighted by Crippen LogP contribution is 2.43. The lowest BCUT2D eigenvalue weighted by Gasteiger charge is -2.33. The largest absolute Gasteiger partial charge is 0.456 e. The van der Waals surface area contributed by atoms with Crippen LogP contribution in [0, 0.1) is 16.4 Å². The molecule has 0 aromatic heterocycles. The molecule has 1 unspecified atom stereocenters. The number of ether oxygens (including phenoxy) is 2. The van der Waals surface area contributed by atoms with Crippen LogP contribution in [0.15, 0.2) is 34.5 Å². The molecule has 1 aromatic carbocycles. The number of aliphatic imine (C=N–C) groups is 1. The summed E-state index contributed by atoms with van der Waals surface area (Å²) in [5.74, 6) is -1.13. The number of cyclic esters (lactones) is 1. The van der Waals surface area contributed by atoms with E-state index in [1.807, 2.05) is 25.1 Å². The van der Waals surface area contributed by atoms with Crippen LogP contribution in [-0.2, 0) is 19.1 Å². The molecule has 0 bridgehead atoms. The Morgan fingerprint density at radius 1 is 1.17 bits per heavy atom. The molecule has 0 aliphatic carbocycles. The first-order valence-electron chi connectivity index (χ1n) is 7.40. The second-order valence-corrected chi connectivity index (χ2v) is 7.12. The van der Waals surface area contributed by atoms with E-state index in [9.17, 15) is 9.59 Å². The standard InChI is InChI=1S/C17H14INO4/c1-8-2-3-9(4-10(8)18)14-15-11(5-22-7-13(15)20)19-12-6-23-17(21)16(12)14/h2-4,14-15H,5-7H2,1H3/t14-,15?/m1/s1. The molecule has 1 aromatic rings. The Labute approximate surface area is 146 Å². The molecule has 23 heavy (non-hydrogen) atoms. The maximum absolute atomic E-state index is 12.5. The smallest absolute Gasteiger partial charge is 0.337 e. The molecule has 3 aliphatic rings. The fraction of sp³-hybridized carbons (Fsp3) is 0.353. The number of rotatable bonds is 1. The van der Waals surface area contributed by atoms with Gasteiger partial charge in [-0.1, -0.05) is 12.1 Å². The topological polar surface area (TPSA) is 65.0 Å². The van der Waals surface area contributed by atoms with Gasteiger partial charge in [0.05, 0.1) is 29.5 Å². The van der Waals surface area contributed by atoms with E-state index in [-0.39, 0.29) is 30.9 Å². The van der Waals surface area contributed by atoms with E-state index >= 15 is 0 Å². The third kappa shape index (κ3) is 2.35. The van der Waals surface area contributed by atoms with Gasteiger partial charge in [0.1, 0.15) is 13.2 Å². The number of nitrogens with zero attached hydrogens (tertiary/aromatic N) is 1. The summed E-state index contributed by atoms with van der Waals surface area (Å²) in [5.41, 5.74) is 4.01. The normalized spacial score (nSPS) is 26.6. The van der Waals surface area contributed by atoms with Crippen LogP contribution in [0.1, 0.15) is 17.0 Å². The molecular weight excluding hydrogens is 409 g/mol. The van der Waals surface area contributed by atoms with Crippen molar-refractivity contribution in [2.24, 2.45) is 10.9 Å². The van der Waals surface area contributed by atoms with Crippen LogP contribution in [0.4, 0.5) is 0 Å². The lowest BCUT2D eigenvalue weighted by Crippen LogP contribution is -2.43. The first-order chi connectivity index (χ1) is 11.1. The highest BCUT2D eigenvalue weighted by Gasteiger charge is 2.47. The van der Waals surface area contributed by atoms with Gasteiger partial charge in [0, 0.05) is 9.49 Å². The van der Waals surface area contributed by atoms with Crippen molar-refractivity contribution < 1.29 is 19.1 Å². The van der Waals surface area contributed by atoms with Crippen molar-refractivity contribution in [3.05, 3.63) is 44.2 Å². The Hall–Kier alpha value is -1.54. The molecular formula is C17H14INO4. The first kappa shape index (κ1) is 15.0. The van der Waals surface area contributed by atoms with Crippen LogP contribution < -0.4 is 0 Å². The molecule has 5 nitrogen and oxygen atoms in total. The minimum atomic E-state index is -0.424. The summed E-state index contributed by atoms with van der Waals surface area (Å²) in [5, 5.41) is 0. The average Bonchev–Trinajstić information content (AvgIpc) is 2.90. The fourth-order valence-corrected chi connectivity index (χ4v) is 3.95. The number of Topliss-reactive ketones (excluding diaryl/α,β-unsaturated/α-hetero) is 1. The molecule has 3 aliphatic heterocycles. The van der Waals surface area contributed by atoms with Crippen LogP contribution in [0.25, 0.3) is 0 Å². The van der Waals surface area contributed by atoms with E-state index in [2.05, 4.69) is 27.6 Å². The number of hydrogen-bond acceptors (Lipinski definition) is 5. The summed E-state index contributed by atoms with van der Waals surface area (Å²) in [6.45, 7) is 2.62. The molecule has 1 saturated heterocycles. The van der Waals surface area contributed by atoms with Gasteiger partial charge in [-0.05, 0) is 46.7 Å². The van der Waals surface area contributed by atoms with Crippen molar-refractivity contribution in [1.29, 1.82) is 0 Å². The molecule has 0 amide bonds. The number of esters is 1. The number of carbonyl (C=O) groups excluding carboxylic acids is 2. The van der Waals surface area contributed by atoms with Crippen LogP contribution in [0.2, 0.25) is 0 Å². The molecule has 0 radical (unpaired) electrons. The lowest BCUT2D eigenvalue weighted by atomic mass is 9.73. The number of benzene rings is 1. The maximum Gasteiger partial charge on any atom is 0.337 e. The highest BCUT2D eigenvalue weighted by atomic mass is 127. The van der Waals surface area contributed by atoms with Crippen LogP contribution in [0.5, 0.6) is 0 Å². The molecule has 2 atom stereocenters. The van der Waals surface area contributed by atoms with Crippen molar-refractivity contribution >= 4 is 40.1 Å². The number of halogens is 1. The van der Waals surface area contributed by atoms with E-state index in [0.29, 0.717) is 23.6 Å². The zero-order valence-electron chi connectivity index (χ0n) is 12.5. The van der Waals surface area contributed by atoms with Gasteiger partial charge in [0.25, 0.3) is 0 Å². The van der Waals surface area contributed by atoms with Crippen molar-refractivity contribution in [2.75, 3.05) is 19.8 Å². The first-order valence-corrected chi connectivity index (χ1v) is 8.48.